The van der Waals surface area contributed by atoms with Gasteiger partial charge in [-0.25, -0.2) is 0 Å². The van der Waals surface area contributed by atoms with E-state index in [1.165, 1.54) is 0 Å². The molecule has 0 fully saturated rings. The van der Waals surface area contributed by atoms with Crippen LogP contribution in [0.15, 0.2) is 91.3 Å². The molecule has 0 aromatic carbocycles. The average molecular weight is 436 g/mol. The summed E-state index contributed by atoms with van der Waals surface area (Å²) in [5.41, 5.74) is 0. The van der Waals surface area contributed by atoms with Crippen molar-refractivity contribution in [3.63, 3.8) is 0 Å². The van der Waals surface area contributed by atoms with E-state index < -0.39 is 18.1 Å². The maximum absolute atomic E-state index is 6.07. The standard InChI is InChI=1S/4C5H5O2.Ti/c4*6-4-5-2-1-3-7-5;/h4*1-3H,4H2;/q4*-1;+4. The minimum absolute atomic E-state index is 0.140. The molecule has 0 saturated heterocycles. The molecule has 4 heterocycles. The molecule has 0 radical (unpaired) electrons. The molecule has 0 saturated carbocycles. The molecule has 0 aliphatic heterocycles. The fourth-order valence-electron chi connectivity index (χ4n) is 2.47. The molecule has 4 aromatic rings. The van der Waals surface area contributed by atoms with Gasteiger partial charge in [-0.15, -0.1) is 0 Å². The molecular weight excluding hydrogens is 416 g/mol. The summed E-state index contributed by atoms with van der Waals surface area (Å²) >= 11 is -4.29. The third kappa shape index (κ3) is 5.83. The molecule has 0 amide bonds. The van der Waals surface area contributed by atoms with E-state index in [-0.39, 0.29) is 26.4 Å². The molecule has 4 aromatic heterocycles. The third-order valence-corrected chi connectivity index (χ3v) is 7.00. The van der Waals surface area contributed by atoms with Gasteiger partial charge in [-0.2, -0.15) is 0 Å². The van der Waals surface area contributed by atoms with Gasteiger partial charge in [0, 0.05) is 0 Å². The van der Waals surface area contributed by atoms with Gasteiger partial charge >= 0.3 is 172 Å². The van der Waals surface area contributed by atoms with Crippen LogP contribution in [0.3, 0.4) is 0 Å². The fraction of sp³-hybridized carbons (Fsp3) is 0.200. The fourth-order valence-corrected chi connectivity index (χ4v) is 5.24. The van der Waals surface area contributed by atoms with Gasteiger partial charge in [0.2, 0.25) is 0 Å². The first-order chi connectivity index (χ1) is 14.3. The predicted molar refractivity (Wildman–Crippen MR) is 94.0 cm³/mol. The van der Waals surface area contributed by atoms with E-state index >= 15 is 0 Å². The van der Waals surface area contributed by atoms with Crippen LogP contribution in [0.5, 0.6) is 0 Å². The van der Waals surface area contributed by atoms with Crippen molar-refractivity contribution in [2.24, 2.45) is 0 Å². The second kappa shape index (κ2) is 9.93. The van der Waals surface area contributed by atoms with E-state index in [0.29, 0.717) is 23.0 Å². The zero-order chi connectivity index (χ0) is 19.8. The number of hydrogen-bond donors (Lipinski definition) is 0. The molecule has 0 aliphatic carbocycles. The summed E-state index contributed by atoms with van der Waals surface area (Å²) in [5, 5.41) is 0. The van der Waals surface area contributed by atoms with Crippen molar-refractivity contribution < 1.29 is 49.1 Å². The van der Waals surface area contributed by atoms with Crippen molar-refractivity contribution in [1.29, 1.82) is 0 Å². The summed E-state index contributed by atoms with van der Waals surface area (Å²) in [7, 11) is 0. The maximum atomic E-state index is 6.07. The van der Waals surface area contributed by atoms with Gasteiger partial charge < -0.3 is 0 Å². The molecule has 0 unspecified atom stereocenters. The summed E-state index contributed by atoms with van der Waals surface area (Å²) in [5.74, 6) is 2.52. The summed E-state index contributed by atoms with van der Waals surface area (Å²) in [6, 6.07) is 14.3. The van der Waals surface area contributed by atoms with E-state index in [1.807, 2.05) is 0 Å². The van der Waals surface area contributed by atoms with Crippen molar-refractivity contribution in [3.8, 4) is 0 Å². The van der Waals surface area contributed by atoms with Crippen LogP contribution in [-0.4, -0.2) is 0 Å². The quantitative estimate of drug-likeness (QED) is 0.286. The van der Waals surface area contributed by atoms with Crippen LogP contribution in [0.1, 0.15) is 23.0 Å². The Morgan fingerprint density at radius 1 is 0.483 bits per heavy atom. The Morgan fingerprint density at radius 3 is 0.966 bits per heavy atom. The van der Waals surface area contributed by atoms with Gasteiger partial charge in [0.25, 0.3) is 0 Å². The van der Waals surface area contributed by atoms with Gasteiger partial charge in [0.15, 0.2) is 0 Å². The Hall–Kier alpha value is -2.33. The Labute approximate surface area is 172 Å². The van der Waals surface area contributed by atoms with Crippen molar-refractivity contribution in [2.45, 2.75) is 26.4 Å². The monoisotopic (exact) mass is 436 g/mol. The van der Waals surface area contributed by atoms with Gasteiger partial charge in [-0.3, -0.25) is 0 Å². The van der Waals surface area contributed by atoms with E-state index in [9.17, 15) is 0 Å². The second-order valence-corrected chi connectivity index (χ2v) is 9.34. The van der Waals surface area contributed by atoms with Crippen LogP contribution in [0.4, 0.5) is 0 Å². The molecular formula is C20H20O8Ti. The average Bonchev–Trinajstić information content (AvgIpc) is 3.56. The van der Waals surface area contributed by atoms with Crippen molar-refractivity contribution >= 4 is 0 Å². The van der Waals surface area contributed by atoms with Crippen molar-refractivity contribution in [1.82, 2.24) is 0 Å². The zero-order valence-electron chi connectivity index (χ0n) is 15.5. The van der Waals surface area contributed by atoms with Crippen LogP contribution in [-0.2, 0) is 57.8 Å². The number of rotatable bonds is 12. The summed E-state index contributed by atoms with van der Waals surface area (Å²) < 4.78 is 45.7. The van der Waals surface area contributed by atoms with Gasteiger partial charge in [0.05, 0.1) is 0 Å². The van der Waals surface area contributed by atoms with Crippen LogP contribution < -0.4 is 0 Å². The molecule has 0 atom stereocenters. The van der Waals surface area contributed by atoms with Crippen LogP contribution >= 0.6 is 0 Å². The molecule has 0 spiro atoms. The van der Waals surface area contributed by atoms with Crippen LogP contribution in [0.25, 0.3) is 0 Å². The number of furan rings is 4. The van der Waals surface area contributed by atoms with E-state index in [0.717, 1.165) is 0 Å². The molecule has 4 rings (SSSR count). The van der Waals surface area contributed by atoms with Crippen LogP contribution in [0.2, 0.25) is 0 Å². The molecule has 152 valence electrons. The zero-order valence-corrected chi connectivity index (χ0v) is 17.1. The van der Waals surface area contributed by atoms with Crippen molar-refractivity contribution in [2.75, 3.05) is 0 Å². The van der Waals surface area contributed by atoms with E-state index in [4.69, 9.17) is 30.9 Å². The molecule has 8 nitrogen and oxygen atoms in total. The van der Waals surface area contributed by atoms with Crippen molar-refractivity contribution in [3.05, 3.63) is 96.6 Å². The Kier molecular flexibility index (Phi) is 6.84. The topological polar surface area (TPSA) is 89.5 Å². The molecule has 0 aliphatic rings. The summed E-state index contributed by atoms with van der Waals surface area (Å²) in [4.78, 5) is 0. The van der Waals surface area contributed by atoms with E-state index in [1.54, 1.807) is 73.6 Å². The van der Waals surface area contributed by atoms with E-state index in [2.05, 4.69) is 0 Å². The Bertz CT molecular complexity index is 755. The summed E-state index contributed by atoms with van der Waals surface area (Å²) in [6.45, 7) is 0.561. The SMILES string of the molecule is c1coc(C[O][Ti]([O]Cc2ccco2)([O]Cc2ccco2)[O]Cc2ccco2)c1. The van der Waals surface area contributed by atoms with Gasteiger partial charge in [-0.1, -0.05) is 0 Å². The Balaban J connectivity index is 1.51. The van der Waals surface area contributed by atoms with Gasteiger partial charge in [0.1, 0.15) is 0 Å². The normalized spacial score (nSPS) is 11.9. The first-order valence-corrected chi connectivity index (χ1v) is 11.5. The molecule has 0 N–H and O–H groups in total. The first-order valence-electron chi connectivity index (χ1n) is 8.97. The Morgan fingerprint density at radius 2 is 0.759 bits per heavy atom. The first kappa shape index (κ1) is 20.0. The minimum atomic E-state index is -4.29. The number of hydrogen-bond acceptors (Lipinski definition) is 8. The third-order valence-electron chi connectivity index (χ3n) is 3.89. The molecule has 0 bridgehead atoms. The van der Waals surface area contributed by atoms with Gasteiger partial charge in [-0.05, 0) is 0 Å². The summed E-state index contributed by atoms with van der Waals surface area (Å²) in [6.07, 6.45) is 6.30. The molecule has 9 heteroatoms. The molecule has 29 heavy (non-hydrogen) atoms. The predicted octanol–water partition coefficient (Wildman–Crippen LogP) is 5.04. The second-order valence-electron chi connectivity index (χ2n) is 5.97. The van der Waals surface area contributed by atoms with Crippen LogP contribution in [0, 0.1) is 0 Å².